The van der Waals surface area contributed by atoms with Crippen LogP contribution in [0, 0.1) is 0 Å². The van der Waals surface area contributed by atoms with Crippen molar-refractivity contribution in [2.24, 2.45) is 0 Å². The minimum atomic E-state index is -3.81. The molecule has 4 aromatic rings. The number of rotatable bonds is 12. The van der Waals surface area contributed by atoms with E-state index in [1.54, 1.807) is 68.5 Å². The molecule has 9 nitrogen and oxygen atoms in total. The first-order valence-electron chi connectivity index (χ1n) is 12.9. The highest BCUT2D eigenvalue weighted by Crippen LogP contribution is 2.40. The van der Waals surface area contributed by atoms with Gasteiger partial charge in [-0.2, -0.15) is 0 Å². The van der Waals surface area contributed by atoms with Gasteiger partial charge in [0.25, 0.3) is 15.9 Å². The monoisotopic (exact) mass is 582 g/mol. The number of methoxy groups -OCH3 is 2. The first-order chi connectivity index (χ1) is 19.2. The van der Waals surface area contributed by atoms with Crippen molar-refractivity contribution in [2.45, 2.75) is 18.2 Å². The van der Waals surface area contributed by atoms with E-state index < -0.39 is 10.0 Å². The average molecular weight is 583 g/mol. The lowest BCUT2D eigenvalue weighted by Crippen LogP contribution is -2.33. The van der Waals surface area contributed by atoms with Gasteiger partial charge in [0.05, 0.1) is 24.8 Å². The molecule has 40 heavy (non-hydrogen) atoms. The molecule has 0 saturated carbocycles. The van der Waals surface area contributed by atoms with Gasteiger partial charge >= 0.3 is 0 Å². The molecule has 0 radical (unpaired) electrons. The number of carbonyl (C=O) groups is 1. The topological polar surface area (TPSA) is 92.3 Å². The van der Waals surface area contributed by atoms with Crippen LogP contribution in [0.1, 0.15) is 23.7 Å². The van der Waals surface area contributed by atoms with Crippen LogP contribution in [0.3, 0.4) is 0 Å². The van der Waals surface area contributed by atoms with E-state index in [9.17, 15) is 13.2 Å². The number of aromatic nitrogens is 1. The lowest BCUT2D eigenvalue weighted by molar-refractivity contribution is 0.0986. The van der Waals surface area contributed by atoms with Gasteiger partial charge in [0.15, 0.2) is 5.13 Å². The number of amides is 1. The zero-order valence-corrected chi connectivity index (χ0v) is 25.0. The Morgan fingerprint density at radius 1 is 0.900 bits per heavy atom. The van der Waals surface area contributed by atoms with E-state index >= 15 is 0 Å². The molecule has 212 valence electrons. The van der Waals surface area contributed by atoms with Crippen LogP contribution in [0.2, 0.25) is 0 Å². The van der Waals surface area contributed by atoms with E-state index in [4.69, 9.17) is 14.5 Å². The second-order valence-corrected chi connectivity index (χ2v) is 12.1. The first-order valence-corrected chi connectivity index (χ1v) is 15.1. The van der Waals surface area contributed by atoms with Crippen LogP contribution in [0.25, 0.3) is 10.2 Å². The van der Waals surface area contributed by atoms with Crippen molar-refractivity contribution in [2.75, 3.05) is 57.2 Å². The van der Waals surface area contributed by atoms with E-state index in [0.29, 0.717) is 39.9 Å². The van der Waals surface area contributed by atoms with Gasteiger partial charge in [-0.1, -0.05) is 29.5 Å². The van der Waals surface area contributed by atoms with E-state index in [2.05, 4.69) is 4.90 Å². The lowest BCUT2D eigenvalue weighted by atomic mass is 10.2. The van der Waals surface area contributed by atoms with Gasteiger partial charge in [-0.05, 0) is 82.5 Å². The summed E-state index contributed by atoms with van der Waals surface area (Å²) in [6.07, 6.45) is 0.720. The molecule has 0 aliphatic heterocycles. The zero-order chi connectivity index (χ0) is 28.9. The molecule has 3 aromatic carbocycles. The van der Waals surface area contributed by atoms with Crippen LogP contribution < -0.4 is 18.7 Å². The number of ether oxygens (including phenoxy) is 2. The van der Waals surface area contributed by atoms with Crippen LogP contribution in [0.5, 0.6) is 11.5 Å². The number of fused-ring (bicyclic) bond motifs is 1. The summed E-state index contributed by atoms with van der Waals surface area (Å²) in [5, 5.41) is 0.513. The lowest BCUT2D eigenvalue weighted by Gasteiger charge is -2.23. The van der Waals surface area contributed by atoms with Gasteiger partial charge in [0.2, 0.25) is 0 Å². The second kappa shape index (κ2) is 12.7. The van der Waals surface area contributed by atoms with E-state index in [0.717, 1.165) is 17.7 Å². The Labute approximate surface area is 239 Å². The standard InChI is InChI=1S/C29H34N4O5S2/c1-6-33(22-11-8-7-9-12-22)40(35,36)23-15-13-21(14-16-23)28(34)32(20-10-19-31(2)3)29-30-26-24(37-4)17-18-25(38-5)27(26)39-29/h7-9,11-18H,6,10,19-20H2,1-5H3. The molecule has 0 aliphatic rings. The van der Waals surface area contributed by atoms with Crippen molar-refractivity contribution in [3.8, 4) is 11.5 Å². The maximum Gasteiger partial charge on any atom is 0.264 e. The fraction of sp³-hybridized carbons (Fsp3) is 0.310. The summed E-state index contributed by atoms with van der Waals surface area (Å²) in [7, 11) is 3.32. The third-order valence-electron chi connectivity index (χ3n) is 6.38. The highest BCUT2D eigenvalue weighted by atomic mass is 32.2. The number of carbonyl (C=O) groups excluding carboxylic acids is 1. The Balaban J connectivity index is 1.68. The van der Waals surface area contributed by atoms with Crippen molar-refractivity contribution in [1.82, 2.24) is 9.88 Å². The van der Waals surface area contributed by atoms with Gasteiger partial charge in [0, 0.05) is 18.7 Å². The minimum Gasteiger partial charge on any atom is -0.495 e. The molecule has 0 aliphatic carbocycles. The van der Waals surface area contributed by atoms with Gasteiger partial charge in [-0.3, -0.25) is 14.0 Å². The number of para-hydroxylation sites is 1. The molecule has 11 heteroatoms. The van der Waals surface area contributed by atoms with E-state index in [1.165, 1.54) is 27.8 Å². The molecule has 0 fully saturated rings. The number of benzene rings is 3. The molecule has 0 saturated heterocycles. The highest BCUT2D eigenvalue weighted by molar-refractivity contribution is 7.92. The van der Waals surface area contributed by atoms with Crippen LogP contribution in [-0.4, -0.2) is 72.2 Å². The van der Waals surface area contributed by atoms with Gasteiger partial charge < -0.3 is 14.4 Å². The summed E-state index contributed by atoms with van der Waals surface area (Å²) < 4.78 is 40.0. The predicted octanol–water partition coefficient (Wildman–Crippen LogP) is 5.13. The molecular formula is C29H34N4O5S2. The maximum absolute atomic E-state index is 13.8. The summed E-state index contributed by atoms with van der Waals surface area (Å²) in [5.74, 6) is 0.969. The molecular weight excluding hydrogens is 548 g/mol. The predicted molar refractivity (Wildman–Crippen MR) is 161 cm³/mol. The SMILES string of the molecule is CCN(c1ccccc1)S(=O)(=O)c1ccc(C(=O)N(CCCN(C)C)c2nc3c(OC)ccc(OC)c3s2)cc1. The summed E-state index contributed by atoms with van der Waals surface area (Å²) in [6, 6.07) is 18.6. The minimum absolute atomic E-state index is 0.114. The molecule has 4 rings (SSSR count). The van der Waals surface area contributed by atoms with Crippen LogP contribution in [-0.2, 0) is 10.0 Å². The Morgan fingerprint density at radius 3 is 2.15 bits per heavy atom. The number of anilines is 2. The van der Waals surface area contributed by atoms with Crippen molar-refractivity contribution < 1.29 is 22.7 Å². The number of hydrogen-bond acceptors (Lipinski definition) is 8. The van der Waals surface area contributed by atoms with Crippen molar-refractivity contribution >= 4 is 48.3 Å². The van der Waals surface area contributed by atoms with Crippen molar-refractivity contribution in [1.29, 1.82) is 0 Å². The fourth-order valence-electron chi connectivity index (χ4n) is 4.36. The largest absolute Gasteiger partial charge is 0.495 e. The molecule has 0 N–H and O–H groups in total. The van der Waals surface area contributed by atoms with Crippen LogP contribution in [0.15, 0.2) is 71.6 Å². The summed E-state index contributed by atoms with van der Waals surface area (Å²) in [4.78, 5) is 22.4. The molecule has 0 atom stereocenters. The van der Waals surface area contributed by atoms with Gasteiger partial charge in [-0.25, -0.2) is 13.4 Å². The normalized spacial score (nSPS) is 11.6. The van der Waals surface area contributed by atoms with Crippen molar-refractivity contribution in [3.63, 3.8) is 0 Å². The van der Waals surface area contributed by atoms with Gasteiger partial charge in [0.1, 0.15) is 21.7 Å². The molecule has 1 amide bonds. The number of hydrogen-bond donors (Lipinski definition) is 0. The Hall–Kier alpha value is -3.67. The number of thiazole rings is 1. The van der Waals surface area contributed by atoms with Gasteiger partial charge in [-0.15, -0.1) is 0 Å². The van der Waals surface area contributed by atoms with Crippen LogP contribution >= 0.6 is 11.3 Å². The second-order valence-electron chi connectivity index (χ2n) is 9.29. The summed E-state index contributed by atoms with van der Waals surface area (Å²) in [5.41, 5.74) is 1.57. The molecule has 0 unspecified atom stereocenters. The first kappa shape index (κ1) is 29.3. The van der Waals surface area contributed by atoms with E-state index in [1.807, 2.05) is 26.2 Å². The average Bonchev–Trinajstić information content (AvgIpc) is 3.40. The van der Waals surface area contributed by atoms with Crippen molar-refractivity contribution in [3.05, 3.63) is 72.3 Å². The van der Waals surface area contributed by atoms with Crippen LogP contribution in [0.4, 0.5) is 10.8 Å². The molecule has 0 bridgehead atoms. The smallest absolute Gasteiger partial charge is 0.264 e. The third kappa shape index (κ3) is 6.06. The Kier molecular flexibility index (Phi) is 9.28. The van der Waals surface area contributed by atoms with E-state index in [-0.39, 0.29) is 17.3 Å². The fourth-order valence-corrected chi connectivity index (χ4v) is 6.93. The summed E-state index contributed by atoms with van der Waals surface area (Å²) in [6.45, 7) is 3.28. The molecule has 1 heterocycles. The summed E-state index contributed by atoms with van der Waals surface area (Å²) >= 11 is 1.35. The maximum atomic E-state index is 13.8. The Morgan fingerprint density at radius 2 is 1.55 bits per heavy atom. The number of nitrogens with zero attached hydrogens (tertiary/aromatic N) is 4. The highest BCUT2D eigenvalue weighted by Gasteiger charge is 2.26. The Bertz CT molecular complexity index is 1510. The quantitative estimate of drug-likeness (QED) is 0.229. The molecule has 1 aromatic heterocycles. The third-order valence-corrected chi connectivity index (χ3v) is 9.39. The zero-order valence-electron chi connectivity index (χ0n) is 23.3. The molecule has 0 spiro atoms. The number of sulfonamides is 1.